The van der Waals surface area contributed by atoms with E-state index in [0.29, 0.717) is 24.5 Å². The second-order valence-electron chi connectivity index (χ2n) is 8.17. The molecule has 2 aromatic rings. The van der Waals surface area contributed by atoms with Crippen molar-refractivity contribution in [3.8, 4) is 5.75 Å². The maximum atomic E-state index is 10.6. The summed E-state index contributed by atoms with van der Waals surface area (Å²) in [5.74, 6) is -3.66. The predicted molar refractivity (Wildman–Crippen MR) is 113 cm³/mol. The second-order valence-corrected chi connectivity index (χ2v) is 8.17. The average molecular weight is 542 g/mol. The first kappa shape index (κ1) is 29.9. The topological polar surface area (TPSA) is 122 Å². The van der Waals surface area contributed by atoms with E-state index >= 15 is 0 Å². The molecule has 2 fully saturated rings. The molecule has 4 rings (SSSR count). The van der Waals surface area contributed by atoms with Crippen molar-refractivity contribution in [3.63, 3.8) is 0 Å². The molecule has 2 aliphatic heterocycles. The molecular weight excluding hydrogens is 518 g/mol. The number of carbonyl (C=O) groups is 2. The number of aromatic nitrogens is 1. The Morgan fingerprint density at radius 2 is 1.70 bits per heavy atom. The fraction of sp³-hybridized carbons (Fsp3) is 0.500. The molecule has 3 atom stereocenters. The Morgan fingerprint density at radius 3 is 2.19 bits per heavy atom. The highest BCUT2D eigenvalue weighted by Crippen LogP contribution is 2.34. The van der Waals surface area contributed by atoms with Gasteiger partial charge in [0.25, 0.3) is 0 Å². The highest BCUT2D eigenvalue weighted by Gasteiger charge is 2.44. The van der Waals surface area contributed by atoms with Crippen LogP contribution in [0.15, 0.2) is 41.3 Å². The molecule has 0 radical (unpaired) electrons. The lowest BCUT2D eigenvalue weighted by Gasteiger charge is -2.19. The molecule has 0 aliphatic carbocycles. The number of fused-ring (bicyclic) bond motifs is 1. The molecule has 2 saturated heterocycles. The Kier molecular flexibility index (Phi) is 10.3. The quantitative estimate of drug-likeness (QED) is 0.544. The van der Waals surface area contributed by atoms with Crippen molar-refractivity contribution < 1.29 is 60.0 Å². The smallest absolute Gasteiger partial charge is 0.490 e. The number of aryl methyl sites for hydroxylation is 1. The van der Waals surface area contributed by atoms with E-state index in [4.69, 9.17) is 33.7 Å². The van der Waals surface area contributed by atoms with Crippen LogP contribution in [0.1, 0.15) is 11.3 Å². The van der Waals surface area contributed by atoms with E-state index in [2.05, 4.69) is 9.88 Å². The summed E-state index contributed by atoms with van der Waals surface area (Å²) in [5.41, 5.74) is 2.23. The number of aliphatic carboxylic acids is 2. The van der Waals surface area contributed by atoms with Gasteiger partial charge in [-0.2, -0.15) is 26.3 Å². The monoisotopic (exact) mass is 542 g/mol. The lowest BCUT2D eigenvalue weighted by molar-refractivity contribution is -0.193. The first-order valence-corrected chi connectivity index (χ1v) is 10.7. The zero-order chi connectivity index (χ0) is 27.8. The number of halogens is 6. The third-order valence-electron chi connectivity index (χ3n) is 5.33. The zero-order valence-corrected chi connectivity index (χ0v) is 19.3. The van der Waals surface area contributed by atoms with E-state index < -0.39 is 24.3 Å². The summed E-state index contributed by atoms with van der Waals surface area (Å²) in [6, 6.07) is 5.99. The fourth-order valence-corrected chi connectivity index (χ4v) is 3.56. The van der Waals surface area contributed by atoms with Gasteiger partial charge in [-0.05, 0) is 25.1 Å². The lowest BCUT2D eigenvalue weighted by Crippen LogP contribution is -2.26. The molecule has 37 heavy (non-hydrogen) atoms. The van der Waals surface area contributed by atoms with Gasteiger partial charge in [0, 0.05) is 42.7 Å². The third kappa shape index (κ3) is 9.92. The number of carboxylic acid groups (broad SMARTS) is 2. The van der Waals surface area contributed by atoms with Gasteiger partial charge in [-0.1, -0.05) is 0 Å². The van der Waals surface area contributed by atoms with Crippen LogP contribution >= 0.6 is 0 Å². The number of hydrogen-bond acceptors (Lipinski definition) is 7. The maximum Gasteiger partial charge on any atom is 0.490 e. The van der Waals surface area contributed by atoms with E-state index in [1.807, 2.05) is 31.4 Å². The van der Waals surface area contributed by atoms with Gasteiger partial charge in [0.05, 0.1) is 38.0 Å². The summed E-state index contributed by atoms with van der Waals surface area (Å²) < 4.78 is 80.5. The van der Waals surface area contributed by atoms with Crippen molar-refractivity contribution in [2.45, 2.75) is 31.9 Å². The van der Waals surface area contributed by atoms with Gasteiger partial charge in [0.15, 0.2) is 0 Å². The SMILES string of the molecule is Cc1ccc(OC[C@@H]2CO[C@@H]3CN(Cc4ccoc4)C[C@H]23)cn1.O=C(O)C(F)(F)F.O=C(O)C(F)(F)F. The van der Waals surface area contributed by atoms with E-state index in [1.54, 1.807) is 12.5 Å². The normalized spacial score (nSPS) is 21.2. The molecule has 206 valence electrons. The van der Waals surface area contributed by atoms with Crippen LogP contribution in [-0.2, 0) is 20.9 Å². The molecule has 0 aromatic carbocycles. The summed E-state index contributed by atoms with van der Waals surface area (Å²) >= 11 is 0. The van der Waals surface area contributed by atoms with Crippen LogP contribution in [0.2, 0.25) is 0 Å². The highest BCUT2D eigenvalue weighted by molar-refractivity contribution is 5.73. The third-order valence-corrected chi connectivity index (χ3v) is 5.33. The van der Waals surface area contributed by atoms with E-state index in [9.17, 15) is 26.3 Å². The Hall–Kier alpha value is -3.33. The van der Waals surface area contributed by atoms with Gasteiger partial charge in [-0.3, -0.25) is 9.88 Å². The molecule has 0 bridgehead atoms. The summed E-state index contributed by atoms with van der Waals surface area (Å²) in [5, 5.41) is 14.2. The Labute approximate surface area is 206 Å². The maximum absolute atomic E-state index is 10.6. The first-order chi connectivity index (χ1) is 17.2. The molecule has 0 spiro atoms. The van der Waals surface area contributed by atoms with Crippen LogP contribution in [0, 0.1) is 18.8 Å². The van der Waals surface area contributed by atoms with Crippen molar-refractivity contribution in [3.05, 3.63) is 48.2 Å². The number of nitrogens with zero attached hydrogens (tertiary/aromatic N) is 2. The number of ether oxygens (including phenoxy) is 2. The van der Waals surface area contributed by atoms with Crippen LogP contribution < -0.4 is 4.74 Å². The second kappa shape index (κ2) is 12.8. The van der Waals surface area contributed by atoms with Crippen molar-refractivity contribution in [2.75, 3.05) is 26.3 Å². The van der Waals surface area contributed by atoms with Crippen LogP contribution in [0.3, 0.4) is 0 Å². The molecule has 4 heterocycles. The fourth-order valence-electron chi connectivity index (χ4n) is 3.56. The van der Waals surface area contributed by atoms with Crippen LogP contribution in [-0.4, -0.2) is 76.8 Å². The summed E-state index contributed by atoms with van der Waals surface area (Å²) in [6.45, 7) is 6.47. The average Bonchev–Trinajstić information content (AvgIpc) is 3.52. The van der Waals surface area contributed by atoms with Gasteiger partial charge < -0.3 is 24.1 Å². The molecule has 0 unspecified atom stereocenters. The summed E-state index contributed by atoms with van der Waals surface area (Å²) in [7, 11) is 0. The number of likely N-dealkylation sites (tertiary alicyclic amines) is 1. The molecule has 9 nitrogen and oxygen atoms in total. The van der Waals surface area contributed by atoms with Crippen LogP contribution in [0.25, 0.3) is 0 Å². The summed E-state index contributed by atoms with van der Waals surface area (Å²) in [4.78, 5) is 24.5. The Bertz CT molecular complexity index is 972. The molecular formula is C22H24F6N2O7. The minimum atomic E-state index is -5.08. The number of rotatable bonds is 5. The van der Waals surface area contributed by atoms with Crippen molar-refractivity contribution in [2.24, 2.45) is 11.8 Å². The zero-order valence-electron chi connectivity index (χ0n) is 19.3. The van der Waals surface area contributed by atoms with Gasteiger partial charge in [0.1, 0.15) is 5.75 Å². The molecule has 2 aliphatic rings. The standard InChI is InChI=1S/C18H22N2O3.2C2HF3O2/c1-13-2-3-16(6-19-13)22-11-15-12-23-18-9-20(8-17(15)18)7-14-4-5-21-10-14;2*3-2(4,5)1(6)7/h2-6,10,15,17-18H,7-9,11-12H2,1H3;2*(H,6,7)/t15-,17-,18-;;/m1../s1. The predicted octanol–water partition coefficient (Wildman–Crippen LogP) is 3.78. The molecule has 2 N–H and O–H groups in total. The van der Waals surface area contributed by atoms with Crippen molar-refractivity contribution in [1.82, 2.24) is 9.88 Å². The Morgan fingerprint density at radius 1 is 1.08 bits per heavy atom. The number of furan rings is 1. The number of hydrogen-bond donors (Lipinski definition) is 2. The highest BCUT2D eigenvalue weighted by atomic mass is 19.4. The van der Waals surface area contributed by atoms with Gasteiger partial charge in [-0.25, -0.2) is 9.59 Å². The van der Waals surface area contributed by atoms with Gasteiger partial charge in [0.2, 0.25) is 0 Å². The van der Waals surface area contributed by atoms with Crippen LogP contribution in [0.4, 0.5) is 26.3 Å². The minimum Gasteiger partial charge on any atom is -0.492 e. The van der Waals surface area contributed by atoms with E-state index in [0.717, 1.165) is 37.7 Å². The molecule has 15 heteroatoms. The van der Waals surface area contributed by atoms with E-state index in [-0.39, 0.29) is 0 Å². The van der Waals surface area contributed by atoms with Gasteiger partial charge >= 0.3 is 24.3 Å². The van der Waals surface area contributed by atoms with Gasteiger partial charge in [-0.15, -0.1) is 0 Å². The molecule has 0 saturated carbocycles. The molecule has 0 amide bonds. The van der Waals surface area contributed by atoms with Crippen molar-refractivity contribution >= 4 is 11.9 Å². The largest absolute Gasteiger partial charge is 0.492 e. The Balaban J connectivity index is 0.000000286. The number of carboxylic acids is 2. The number of pyridine rings is 1. The summed E-state index contributed by atoms with van der Waals surface area (Å²) in [6.07, 6.45) is -4.48. The minimum absolute atomic E-state index is 0.339. The van der Waals surface area contributed by atoms with Crippen LogP contribution in [0.5, 0.6) is 5.75 Å². The lowest BCUT2D eigenvalue weighted by atomic mass is 9.94. The molecule has 2 aromatic heterocycles. The first-order valence-electron chi connectivity index (χ1n) is 10.7. The van der Waals surface area contributed by atoms with E-state index in [1.165, 1.54) is 5.56 Å². The number of alkyl halides is 6. The van der Waals surface area contributed by atoms with Crippen molar-refractivity contribution in [1.29, 1.82) is 0 Å².